The van der Waals surface area contributed by atoms with Crippen molar-refractivity contribution in [2.75, 3.05) is 7.11 Å². The maximum atomic E-state index is 11.1. The SMILES string of the molecule is CC=CC=C(C)N(C(=O)OC)C(O)O. The van der Waals surface area contributed by atoms with Crippen molar-refractivity contribution in [3.63, 3.8) is 0 Å². The maximum absolute atomic E-state index is 11.1. The van der Waals surface area contributed by atoms with Crippen LogP contribution in [0.3, 0.4) is 0 Å². The molecule has 0 saturated heterocycles. The number of aliphatic hydroxyl groups is 2. The molecule has 0 heterocycles. The minimum absolute atomic E-state index is 0.380. The minimum Gasteiger partial charge on any atom is -0.452 e. The molecule has 0 fully saturated rings. The van der Waals surface area contributed by atoms with Gasteiger partial charge in [-0.25, -0.2) is 9.69 Å². The average molecular weight is 201 g/mol. The van der Waals surface area contributed by atoms with Crippen LogP contribution in [0.1, 0.15) is 13.8 Å². The Morgan fingerprint density at radius 1 is 1.50 bits per heavy atom. The molecule has 0 unspecified atom stereocenters. The normalized spacial score (nSPS) is 12.3. The zero-order chi connectivity index (χ0) is 11.1. The second-order valence-electron chi connectivity index (χ2n) is 2.52. The van der Waals surface area contributed by atoms with E-state index in [0.717, 1.165) is 4.90 Å². The molecule has 0 rings (SSSR count). The van der Waals surface area contributed by atoms with Crippen molar-refractivity contribution in [2.45, 2.75) is 20.3 Å². The standard InChI is InChI=1S/C9H15NO4/c1-4-5-6-7(2)10(8(11)12)9(13)14-3/h4-6,8,11-12H,1-3H3. The van der Waals surface area contributed by atoms with E-state index >= 15 is 0 Å². The summed E-state index contributed by atoms with van der Waals surface area (Å²) in [6.07, 6.45) is 2.27. The second kappa shape index (κ2) is 6.17. The first-order valence-corrected chi connectivity index (χ1v) is 4.07. The number of ether oxygens (including phenoxy) is 1. The Balaban J connectivity index is 4.74. The van der Waals surface area contributed by atoms with Gasteiger partial charge in [0.15, 0.2) is 0 Å². The molecule has 5 heteroatoms. The molecule has 0 saturated carbocycles. The van der Waals surface area contributed by atoms with Crippen LogP contribution in [0.25, 0.3) is 0 Å². The summed E-state index contributed by atoms with van der Waals surface area (Å²) in [6.45, 7) is 3.37. The van der Waals surface area contributed by atoms with Crippen molar-refractivity contribution in [3.05, 3.63) is 23.9 Å². The monoisotopic (exact) mass is 201 g/mol. The maximum Gasteiger partial charge on any atom is 0.417 e. The van der Waals surface area contributed by atoms with Gasteiger partial charge >= 0.3 is 6.09 Å². The molecule has 0 atom stereocenters. The van der Waals surface area contributed by atoms with E-state index in [0.29, 0.717) is 5.70 Å². The molecule has 0 radical (unpaired) electrons. The van der Waals surface area contributed by atoms with Gasteiger partial charge in [-0.1, -0.05) is 12.2 Å². The lowest BCUT2D eigenvalue weighted by molar-refractivity contribution is -0.127. The van der Waals surface area contributed by atoms with E-state index in [1.165, 1.54) is 7.11 Å². The third-order valence-corrected chi connectivity index (χ3v) is 1.51. The fraction of sp³-hybridized carbons (Fsp3) is 0.444. The minimum atomic E-state index is -1.90. The molecule has 0 aliphatic rings. The lowest BCUT2D eigenvalue weighted by atomic mass is 10.3. The van der Waals surface area contributed by atoms with Gasteiger partial charge in [0.25, 0.3) is 0 Å². The van der Waals surface area contributed by atoms with Crippen LogP contribution in [0.5, 0.6) is 0 Å². The highest BCUT2D eigenvalue weighted by Crippen LogP contribution is 2.08. The van der Waals surface area contributed by atoms with E-state index in [-0.39, 0.29) is 0 Å². The van der Waals surface area contributed by atoms with Crippen molar-refractivity contribution in [3.8, 4) is 0 Å². The molecule has 2 N–H and O–H groups in total. The van der Waals surface area contributed by atoms with Gasteiger partial charge in [0.2, 0.25) is 6.41 Å². The van der Waals surface area contributed by atoms with Gasteiger partial charge in [-0.15, -0.1) is 0 Å². The molecule has 0 spiro atoms. The number of rotatable bonds is 3. The van der Waals surface area contributed by atoms with Gasteiger partial charge in [0, 0.05) is 5.70 Å². The number of carbonyl (C=O) groups excluding carboxylic acids is 1. The Labute approximate surface area is 82.9 Å². The summed E-state index contributed by atoms with van der Waals surface area (Å²) in [7, 11) is 1.17. The Bertz CT molecular complexity index is 245. The van der Waals surface area contributed by atoms with Crippen LogP contribution in [0.4, 0.5) is 4.79 Å². The Morgan fingerprint density at radius 2 is 2.07 bits per heavy atom. The number of nitrogens with zero attached hydrogens (tertiary/aromatic N) is 1. The zero-order valence-electron chi connectivity index (χ0n) is 8.47. The third-order valence-electron chi connectivity index (χ3n) is 1.51. The lowest BCUT2D eigenvalue weighted by Crippen LogP contribution is -2.38. The highest BCUT2D eigenvalue weighted by molar-refractivity contribution is 5.69. The van der Waals surface area contributed by atoms with Crippen molar-refractivity contribution in [1.29, 1.82) is 0 Å². The summed E-state index contributed by atoms with van der Waals surface area (Å²) in [5.41, 5.74) is 0.380. The van der Waals surface area contributed by atoms with Crippen LogP contribution in [0.2, 0.25) is 0 Å². The van der Waals surface area contributed by atoms with Gasteiger partial charge in [0.05, 0.1) is 7.11 Å². The number of methoxy groups -OCH3 is 1. The van der Waals surface area contributed by atoms with Gasteiger partial charge < -0.3 is 14.9 Å². The molecule has 1 amide bonds. The smallest absolute Gasteiger partial charge is 0.417 e. The Kier molecular flexibility index (Phi) is 5.59. The van der Waals surface area contributed by atoms with Crippen molar-refractivity contribution in [1.82, 2.24) is 4.90 Å². The summed E-state index contributed by atoms with van der Waals surface area (Å²) < 4.78 is 4.38. The molecular weight excluding hydrogens is 186 g/mol. The van der Waals surface area contributed by atoms with E-state index in [4.69, 9.17) is 10.2 Å². The Hall–Kier alpha value is -1.33. The topological polar surface area (TPSA) is 70.0 Å². The van der Waals surface area contributed by atoms with Gasteiger partial charge in [0.1, 0.15) is 0 Å². The summed E-state index contributed by atoms with van der Waals surface area (Å²) in [5.74, 6) is 0. The van der Waals surface area contributed by atoms with E-state index in [1.54, 1.807) is 25.2 Å². The molecule has 0 aromatic heterocycles. The molecular formula is C9H15NO4. The first-order chi connectivity index (χ1) is 6.54. The fourth-order valence-corrected chi connectivity index (χ4v) is 0.835. The van der Waals surface area contributed by atoms with Crippen molar-refractivity contribution in [2.24, 2.45) is 0 Å². The average Bonchev–Trinajstić information content (AvgIpc) is 2.14. The van der Waals surface area contributed by atoms with E-state index in [9.17, 15) is 4.79 Å². The largest absolute Gasteiger partial charge is 0.452 e. The van der Waals surface area contributed by atoms with Crippen LogP contribution in [0.15, 0.2) is 23.9 Å². The van der Waals surface area contributed by atoms with E-state index < -0.39 is 12.5 Å². The van der Waals surface area contributed by atoms with Crippen molar-refractivity contribution < 1.29 is 19.7 Å². The number of amides is 1. The summed E-state index contributed by atoms with van der Waals surface area (Å²) in [5, 5.41) is 17.8. The van der Waals surface area contributed by atoms with Crippen LogP contribution >= 0.6 is 0 Å². The Morgan fingerprint density at radius 3 is 2.43 bits per heavy atom. The molecule has 0 aliphatic heterocycles. The molecule has 0 bridgehead atoms. The van der Waals surface area contributed by atoms with Gasteiger partial charge in [-0.3, -0.25) is 0 Å². The lowest BCUT2D eigenvalue weighted by Gasteiger charge is -2.22. The summed E-state index contributed by atoms with van der Waals surface area (Å²) in [4.78, 5) is 11.8. The van der Waals surface area contributed by atoms with Crippen LogP contribution < -0.4 is 0 Å². The second-order valence-corrected chi connectivity index (χ2v) is 2.52. The molecule has 0 aliphatic carbocycles. The third kappa shape index (κ3) is 3.59. The molecule has 80 valence electrons. The highest BCUT2D eigenvalue weighted by Gasteiger charge is 2.21. The molecule has 14 heavy (non-hydrogen) atoms. The molecule has 0 aromatic rings. The zero-order valence-corrected chi connectivity index (χ0v) is 8.47. The first-order valence-electron chi connectivity index (χ1n) is 4.07. The van der Waals surface area contributed by atoms with Crippen LogP contribution in [-0.4, -0.2) is 34.7 Å². The number of hydrogen-bond donors (Lipinski definition) is 2. The molecule has 5 nitrogen and oxygen atoms in total. The first kappa shape index (κ1) is 12.7. The number of carbonyl (C=O) groups is 1. The van der Waals surface area contributed by atoms with E-state index in [2.05, 4.69) is 4.74 Å². The predicted molar refractivity (Wildman–Crippen MR) is 51.0 cm³/mol. The molecule has 0 aromatic carbocycles. The van der Waals surface area contributed by atoms with Gasteiger partial charge in [-0.05, 0) is 19.9 Å². The van der Waals surface area contributed by atoms with Crippen LogP contribution in [-0.2, 0) is 4.74 Å². The van der Waals surface area contributed by atoms with E-state index in [1.807, 2.05) is 6.92 Å². The quantitative estimate of drug-likeness (QED) is 0.523. The van der Waals surface area contributed by atoms with Crippen LogP contribution in [0, 0.1) is 0 Å². The number of hydrogen-bond acceptors (Lipinski definition) is 4. The fourth-order valence-electron chi connectivity index (χ4n) is 0.835. The summed E-state index contributed by atoms with van der Waals surface area (Å²) in [6, 6.07) is 0. The van der Waals surface area contributed by atoms with Gasteiger partial charge in [-0.2, -0.15) is 0 Å². The highest BCUT2D eigenvalue weighted by atomic mass is 16.6. The number of aliphatic hydroxyl groups excluding tert-OH is 1. The predicted octanol–water partition coefficient (Wildman–Crippen LogP) is 0.803. The van der Waals surface area contributed by atoms with Crippen molar-refractivity contribution >= 4 is 6.09 Å². The summed E-state index contributed by atoms with van der Waals surface area (Å²) >= 11 is 0. The number of allylic oxidation sites excluding steroid dienone is 4.